The molecular formula is C62H40. The third-order valence-electron chi connectivity index (χ3n) is 12.8. The molecule has 0 aliphatic rings. The minimum Gasteiger partial charge on any atom is -0.0622 e. The molecule has 0 aromatic heterocycles. The lowest BCUT2D eigenvalue weighted by molar-refractivity contribution is 1.62. The molecule has 0 saturated carbocycles. The van der Waals surface area contributed by atoms with E-state index in [-0.39, 0.29) is 0 Å². The Labute approximate surface area is 361 Å². The Morgan fingerprint density at radius 2 is 0.419 bits per heavy atom. The Balaban J connectivity index is 1.03. The second-order valence-corrected chi connectivity index (χ2v) is 16.3. The van der Waals surface area contributed by atoms with E-state index in [0.717, 1.165) is 0 Å². The van der Waals surface area contributed by atoms with Gasteiger partial charge in [0.15, 0.2) is 0 Å². The molecule has 0 aliphatic carbocycles. The fourth-order valence-electron chi connectivity index (χ4n) is 9.98. The standard InChI is InChI=1S/C62H40/c1-4-16-41(17-5-1)46-32-33-48-39-50(35-34-47(48)38-46)62-55-26-14-11-23-52(55)59(53-24-12-15-27-56(53)62)44-28-30-45(31-29-44)60-51-22-10-13-25-54(51)61(43-20-8-3-9-21-43)58-40-49(36-37-57(58)60)42-18-6-2-7-19-42/h1-40H. The van der Waals surface area contributed by atoms with Gasteiger partial charge in [-0.25, -0.2) is 0 Å². The molecular weight excluding hydrogens is 745 g/mol. The van der Waals surface area contributed by atoms with Crippen LogP contribution in [-0.4, -0.2) is 0 Å². The van der Waals surface area contributed by atoms with Crippen LogP contribution in [0.3, 0.4) is 0 Å². The lowest BCUT2D eigenvalue weighted by atomic mass is 9.83. The largest absolute Gasteiger partial charge is 0.0622 e. The second-order valence-electron chi connectivity index (χ2n) is 16.3. The zero-order valence-electron chi connectivity index (χ0n) is 34.1. The second kappa shape index (κ2) is 14.9. The molecule has 0 N–H and O–H groups in total. The first-order valence-electron chi connectivity index (χ1n) is 21.5. The Kier molecular flexibility index (Phi) is 8.61. The zero-order valence-corrected chi connectivity index (χ0v) is 34.1. The van der Waals surface area contributed by atoms with Crippen molar-refractivity contribution in [2.75, 3.05) is 0 Å². The molecule has 0 fully saturated rings. The number of rotatable bonds is 6. The summed E-state index contributed by atoms with van der Waals surface area (Å²) in [6.45, 7) is 0. The Morgan fingerprint density at radius 1 is 0.145 bits per heavy atom. The van der Waals surface area contributed by atoms with Gasteiger partial charge in [-0.05, 0) is 139 Å². The number of benzene rings is 12. The number of hydrogen-bond acceptors (Lipinski definition) is 0. The van der Waals surface area contributed by atoms with Crippen molar-refractivity contribution in [2.24, 2.45) is 0 Å². The summed E-state index contributed by atoms with van der Waals surface area (Å²) in [6, 6.07) is 89.3. The van der Waals surface area contributed by atoms with Crippen LogP contribution >= 0.6 is 0 Å². The smallest absolute Gasteiger partial charge is 0.00262 e. The maximum Gasteiger partial charge on any atom is -0.00262 e. The molecule has 0 aliphatic heterocycles. The van der Waals surface area contributed by atoms with Crippen molar-refractivity contribution in [3.8, 4) is 66.8 Å². The lowest BCUT2D eigenvalue weighted by Gasteiger charge is -2.20. The van der Waals surface area contributed by atoms with Crippen molar-refractivity contribution in [2.45, 2.75) is 0 Å². The molecule has 12 aromatic carbocycles. The molecule has 0 bridgehead atoms. The van der Waals surface area contributed by atoms with E-state index >= 15 is 0 Å². The van der Waals surface area contributed by atoms with Crippen molar-refractivity contribution < 1.29 is 0 Å². The van der Waals surface area contributed by atoms with Gasteiger partial charge in [-0.3, -0.25) is 0 Å². The van der Waals surface area contributed by atoms with Crippen LogP contribution in [0, 0.1) is 0 Å². The normalized spacial score (nSPS) is 11.5. The minimum atomic E-state index is 1.21. The van der Waals surface area contributed by atoms with Gasteiger partial charge in [0.25, 0.3) is 0 Å². The van der Waals surface area contributed by atoms with E-state index in [1.807, 2.05) is 0 Å². The average molecular weight is 785 g/mol. The molecule has 12 rings (SSSR count). The summed E-state index contributed by atoms with van der Waals surface area (Å²) in [4.78, 5) is 0. The van der Waals surface area contributed by atoms with E-state index < -0.39 is 0 Å². The molecule has 0 amide bonds. The van der Waals surface area contributed by atoms with E-state index in [4.69, 9.17) is 0 Å². The van der Waals surface area contributed by atoms with Crippen LogP contribution in [0.4, 0.5) is 0 Å². The molecule has 0 nitrogen and oxygen atoms in total. The molecule has 0 saturated heterocycles. The van der Waals surface area contributed by atoms with Gasteiger partial charge in [-0.15, -0.1) is 0 Å². The molecule has 0 heteroatoms. The topological polar surface area (TPSA) is 0 Å². The Morgan fingerprint density at radius 3 is 0.871 bits per heavy atom. The highest BCUT2D eigenvalue weighted by Gasteiger charge is 2.20. The molecule has 62 heavy (non-hydrogen) atoms. The SMILES string of the molecule is c1ccc(-c2ccc3cc(-c4c5ccccc5c(-c5ccc(-c6c7ccccc7c(-c7ccccc7)c7cc(-c8ccccc8)ccc67)cc5)c5ccccc45)ccc3c2)cc1. The maximum atomic E-state index is 2.40. The third-order valence-corrected chi connectivity index (χ3v) is 12.8. The predicted octanol–water partition coefficient (Wildman–Crippen LogP) is 17.5. The van der Waals surface area contributed by atoms with Crippen LogP contribution in [0.5, 0.6) is 0 Å². The van der Waals surface area contributed by atoms with Crippen LogP contribution in [0.25, 0.3) is 121 Å². The molecule has 0 unspecified atom stereocenters. The Bertz CT molecular complexity index is 3580. The fraction of sp³-hybridized carbons (Fsp3) is 0. The first kappa shape index (κ1) is 35.8. The van der Waals surface area contributed by atoms with Gasteiger partial charge in [-0.2, -0.15) is 0 Å². The quantitative estimate of drug-likeness (QED) is 0.147. The fourth-order valence-corrected chi connectivity index (χ4v) is 9.98. The molecule has 0 spiro atoms. The molecule has 0 atom stereocenters. The van der Waals surface area contributed by atoms with Crippen LogP contribution in [0.1, 0.15) is 0 Å². The van der Waals surface area contributed by atoms with Crippen LogP contribution in [0.2, 0.25) is 0 Å². The van der Waals surface area contributed by atoms with Crippen LogP contribution in [-0.2, 0) is 0 Å². The van der Waals surface area contributed by atoms with Gasteiger partial charge >= 0.3 is 0 Å². The van der Waals surface area contributed by atoms with Gasteiger partial charge in [0.05, 0.1) is 0 Å². The monoisotopic (exact) mass is 784 g/mol. The van der Waals surface area contributed by atoms with Crippen molar-refractivity contribution in [3.05, 3.63) is 243 Å². The van der Waals surface area contributed by atoms with Gasteiger partial charge in [0.1, 0.15) is 0 Å². The van der Waals surface area contributed by atoms with Gasteiger partial charge in [0, 0.05) is 0 Å². The molecule has 0 heterocycles. The first-order valence-corrected chi connectivity index (χ1v) is 21.5. The van der Waals surface area contributed by atoms with E-state index in [1.54, 1.807) is 0 Å². The minimum absolute atomic E-state index is 1.21. The van der Waals surface area contributed by atoms with Crippen molar-refractivity contribution in [1.29, 1.82) is 0 Å². The summed E-state index contributed by atoms with van der Waals surface area (Å²) in [5.74, 6) is 0. The summed E-state index contributed by atoms with van der Waals surface area (Å²) < 4.78 is 0. The highest BCUT2D eigenvalue weighted by Crippen LogP contribution is 2.47. The predicted molar refractivity (Wildman–Crippen MR) is 267 cm³/mol. The van der Waals surface area contributed by atoms with Gasteiger partial charge in [-0.1, -0.05) is 224 Å². The highest BCUT2D eigenvalue weighted by atomic mass is 14.2. The molecule has 0 radical (unpaired) electrons. The lowest BCUT2D eigenvalue weighted by Crippen LogP contribution is -1.93. The summed E-state index contributed by atoms with van der Waals surface area (Å²) in [6.07, 6.45) is 0. The Hall–Kier alpha value is -8.06. The van der Waals surface area contributed by atoms with E-state index in [2.05, 4.69) is 243 Å². The molecule has 12 aromatic rings. The van der Waals surface area contributed by atoms with Crippen molar-refractivity contribution in [3.63, 3.8) is 0 Å². The maximum absolute atomic E-state index is 2.40. The zero-order chi connectivity index (χ0) is 41.0. The number of hydrogen-bond donors (Lipinski definition) is 0. The first-order chi connectivity index (χ1) is 30.8. The van der Waals surface area contributed by atoms with E-state index in [9.17, 15) is 0 Å². The van der Waals surface area contributed by atoms with Gasteiger partial charge in [0.2, 0.25) is 0 Å². The highest BCUT2D eigenvalue weighted by molar-refractivity contribution is 6.23. The third kappa shape index (κ3) is 5.99. The van der Waals surface area contributed by atoms with Gasteiger partial charge < -0.3 is 0 Å². The van der Waals surface area contributed by atoms with Crippen LogP contribution < -0.4 is 0 Å². The summed E-state index contributed by atoms with van der Waals surface area (Å²) in [5, 5.41) is 12.5. The number of fused-ring (bicyclic) bond motifs is 5. The summed E-state index contributed by atoms with van der Waals surface area (Å²) in [7, 11) is 0. The summed E-state index contributed by atoms with van der Waals surface area (Å²) in [5.41, 5.74) is 14.9. The molecule has 288 valence electrons. The van der Waals surface area contributed by atoms with Crippen LogP contribution in [0.15, 0.2) is 243 Å². The van der Waals surface area contributed by atoms with E-state index in [0.29, 0.717) is 0 Å². The van der Waals surface area contributed by atoms with Crippen molar-refractivity contribution >= 4 is 53.9 Å². The average Bonchev–Trinajstić information content (AvgIpc) is 3.35. The van der Waals surface area contributed by atoms with E-state index in [1.165, 1.54) is 121 Å². The summed E-state index contributed by atoms with van der Waals surface area (Å²) >= 11 is 0. The van der Waals surface area contributed by atoms with Crippen molar-refractivity contribution in [1.82, 2.24) is 0 Å².